The number of allylic oxidation sites excluding steroid dienone is 1. The van der Waals surface area contributed by atoms with E-state index in [1.807, 2.05) is 12.1 Å². The maximum absolute atomic E-state index is 10.9. The second-order valence-electron chi connectivity index (χ2n) is 5.72. The van der Waals surface area contributed by atoms with Gasteiger partial charge in [-0.1, -0.05) is 12.1 Å². The third-order valence-electron chi connectivity index (χ3n) is 3.99. The normalized spacial score (nSPS) is 15.0. The molecule has 134 valence electrons. The molecule has 6 nitrogen and oxygen atoms in total. The highest BCUT2D eigenvalue weighted by molar-refractivity contribution is 9.10. The van der Waals surface area contributed by atoms with Crippen molar-refractivity contribution in [3.8, 4) is 0 Å². The molecule has 26 heavy (non-hydrogen) atoms. The molecular weight excluding hydrogens is 398 g/mol. The van der Waals surface area contributed by atoms with Crippen LogP contribution in [0.3, 0.4) is 0 Å². The van der Waals surface area contributed by atoms with E-state index in [0.29, 0.717) is 4.47 Å². The van der Waals surface area contributed by atoms with E-state index in [4.69, 9.17) is 4.74 Å². The summed E-state index contributed by atoms with van der Waals surface area (Å²) < 4.78 is 5.83. The van der Waals surface area contributed by atoms with Crippen LogP contribution in [0, 0.1) is 10.1 Å². The van der Waals surface area contributed by atoms with E-state index in [1.165, 1.54) is 11.8 Å². The molecule has 7 heteroatoms. The first-order valence-corrected chi connectivity index (χ1v) is 9.00. The minimum Gasteiger partial charge on any atom is -0.378 e. The van der Waals surface area contributed by atoms with Gasteiger partial charge in [0.2, 0.25) is 0 Å². The molecule has 0 amide bonds. The summed E-state index contributed by atoms with van der Waals surface area (Å²) in [6.07, 6.45) is 5.23. The Labute approximate surface area is 160 Å². The predicted molar refractivity (Wildman–Crippen MR) is 107 cm³/mol. The molecule has 1 aliphatic heterocycles. The number of hydrogen-bond acceptors (Lipinski definition) is 5. The van der Waals surface area contributed by atoms with Gasteiger partial charge in [0, 0.05) is 31.1 Å². The van der Waals surface area contributed by atoms with E-state index < -0.39 is 4.92 Å². The molecule has 0 bridgehead atoms. The number of nitro groups is 1. The van der Waals surface area contributed by atoms with E-state index >= 15 is 0 Å². The van der Waals surface area contributed by atoms with Crippen LogP contribution in [0.4, 0.5) is 17.1 Å². The summed E-state index contributed by atoms with van der Waals surface area (Å²) in [4.78, 5) is 17.2. The topological polar surface area (TPSA) is 68.0 Å². The molecule has 2 aromatic carbocycles. The Morgan fingerprint density at radius 3 is 2.58 bits per heavy atom. The van der Waals surface area contributed by atoms with Gasteiger partial charge in [-0.15, -0.1) is 0 Å². The van der Waals surface area contributed by atoms with E-state index in [0.717, 1.165) is 37.6 Å². The number of morpholine rings is 1. The molecule has 1 saturated heterocycles. The molecule has 0 N–H and O–H groups in total. The quantitative estimate of drug-likeness (QED) is 0.406. The molecule has 0 aromatic heterocycles. The van der Waals surface area contributed by atoms with Crippen LogP contribution < -0.4 is 4.90 Å². The minimum absolute atomic E-state index is 0.0443. The van der Waals surface area contributed by atoms with Crippen LogP contribution in [0.1, 0.15) is 5.56 Å². The molecule has 0 saturated carbocycles. The first-order chi connectivity index (χ1) is 12.6. The Hall–Kier alpha value is -2.51. The zero-order chi connectivity index (χ0) is 18.4. The van der Waals surface area contributed by atoms with Gasteiger partial charge in [-0.3, -0.25) is 15.1 Å². The average Bonchev–Trinajstić information content (AvgIpc) is 2.67. The first kappa shape index (κ1) is 18.3. The van der Waals surface area contributed by atoms with Crippen LogP contribution in [0.5, 0.6) is 0 Å². The summed E-state index contributed by atoms with van der Waals surface area (Å²) >= 11 is 3.18. The molecule has 1 fully saturated rings. The molecule has 3 rings (SSSR count). The van der Waals surface area contributed by atoms with Crippen LogP contribution >= 0.6 is 15.9 Å². The summed E-state index contributed by atoms with van der Waals surface area (Å²) in [5, 5.41) is 10.9. The Morgan fingerprint density at radius 2 is 1.88 bits per heavy atom. The Bertz CT molecular complexity index is 828. The second kappa shape index (κ2) is 8.73. The fourth-order valence-corrected chi connectivity index (χ4v) is 3.02. The van der Waals surface area contributed by atoms with Gasteiger partial charge in [0.05, 0.1) is 28.3 Å². The largest absolute Gasteiger partial charge is 0.378 e. The highest BCUT2D eigenvalue weighted by atomic mass is 79.9. The second-order valence-corrected chi connectivity index (χ2v) is 6.58. The van der Waals surface area contributed by atoms with Gasteiger partial charge >= 0.3 is 0 Å². The van der Waals surface area contributed by atoms with Crippen molar-refractivity contribution in [3.63, 3.8) is 0 Å². The van der Waals surface area contributed by atoms with Crippen molar-refractivity contribution in [2.75, 3.05) is 31.2 Å². The molecule has 0 aliphatic carbocycles. The van der Waals surface area contributed by atoms with Gasteiger partial charge in [-0.05, 0) is 57.9 Å². The molecule has 0 unspecified atom stereocenters. The van der Waals surface area contributed by atoms with E-state index in [9.17, 15) is 10.1 Å². The van der Waals surface area contributed by atoms with E-state index in [-0.39, 0.29) is 5.69 Å². The molecule has 0 spiro atoms. The van der Waals surface area contributed by atoms with Crippen molar-refractivity contribution in [2.45, 2.75) is 0 Å². The van der Waals surface area contributed by atoms with Crippen molar-refractivity contribution in [1.29, 1.82) is 0 Å². The lowest BCUT2D eigenvalue weighted by Gasteiger charge is -2.28. The molecule has 0 atom stereocenters. The number of halogens is 1. The molecule has 1 heterocycles. The Morgan fingerprint density at radius 1 is 1.15 bits per heavy atom. The van der Waals surface area contributed by atoms with Crippen molar-refractivity contribution >= 4 is 45.3 Å². The van der Waals surface area contributed by atoms with Crippen molar-refractivity contribution in [3.05, 3.63) is 68.7 Å². The van der Waals surface area contributed by atoms with Gasteiger partial charge in [0.15, 0.2) is 0 Å². The third-order valence-corrected chi connectivity index (χ3v) is 4.66. The number of hydrogen-bond donors (Lipinski definition) is 0. The number of ether oxygens (including phenoxy) is 1. The van der Waals surface area contributed by atoms with Crippen LogP contribution in [-0.4, -0.2) is 37.4 Å². The molecule has 1 aliphatic rings. The van der Waals surface area contributed by atoms with Gasteiger partial charge in [0.25, 0.3) is 5.69 Å². The number of benzene rings is 2. The predicted octanol–water partition coefficient (Wildman–Crippen LogP) is 4.61. The standard InChI is InChI=1S/C19H18BrN3O3/c20-18-8-3-15(14-19(18)23(24)25)2-1-9-21-16-4-6-17(7-5-16)22-10-12-26-13-11-22/h1-9,14H,10-13H2/b2-1+,21-9?. The smallest absolute Gasteiger partial charge is 0.284 e. The Kier molecular flexibility index (Phi) is 6.14. The van der Waals surface area contributed by atoms with E-state index in [2.05, 4.69) is 38.0 Å². The van der Waals surface area contributed by atoms with Gasteiger partial charge < -0.3 is 9.64 Å². The fraction of sp³-hybridized carbons (Fsp3) is 0.211. The highest BCUT2D eigenvalue weighted by Crippen LogP contribution is 2.26. The number of anilines is 1. The summed E-state index contributed by atoms with van der Waals surface area (Å²) in [7, 11) is 0. The summed E-state index contributed by atoms with van der Waals surface area (Å²) in [5.41, 5.74) is 2.82. The van der Waals surface area contributed by atoms with Crippen LogP contribution in [0.25, 0.3) is 6.08 Å². The molecular formula is C19H18BrN3O3. The van der Waals surface area contributed by atoms with Gasteiger partial charge in [-0.2, -0.15) is 0 Å². The SMILES string of the molecule is O=[N+]([O-])c1cc(/C=C/C=Nc2ccc(N3CCOCC3)cc2)ccc1Br. The minimum atomic E-state index is -0.411. The lowest BCUT2D eigenvalue weighted by molar-refractivity contribution is -0.385. The third kappa shape index (κ3) is 4.77. The lowest BCUT2D eigenvalue weighted by atomic mass is 10.2. The number of rotatable bonds is 5. The van der Waals surface area contributed by atoms with Crippen LogP contribution in [-0.2, 0) is 4.74 Å². The van der Waals surface area contributed by atoms with Gasteiger partial charge in [0.1, 0.15) is 0 Å². The molecule has 0 radical (unpaired) electrons. The van der Waals surface area contributed by atoms with Gasteiger partial charge in [-0.25, -0.2) is 0 Å². The maximum Gasteiger partial charge on any atom is 0.284 e. The zero-order valence-electron chi connectivity index (χ0n) is 14.0. The fourth-order valence-electron chi connectivity index (χ4n) is 2.63. The first-order valence-electron chi connectivity index (χ1n) is 8.21. The summed E-state index contributed by atoms with van der Waals surface area (Å²) in [6.45, 7) is 3.34. The summed E-state index contributed by atoms with van der Waals surface area (Å²) in [5.74, 6) is 0. The Balaban J connectivity index is 1.62. The van der Waals surface area contributed by atoms with Crippen LogP contribution in [0.15, 0.2) is 58.0 Å². The van der Waals surface area contributed by atoms with Crippen LogP contribution in [0.2, 0.25) is 0 Å². The monoisotopic (exact) mass is 415 g/mol. The highest BCUT2D eigenvalue weighted by Gasteiger charge is 2.11. The number of nitrogens with zero attached hydrogens (tertiary/aromatic N) is 3. The maximum atomic E-state index is 10.9. The number of nitro benzene ring substituents is 1. The molecule has 2 aromatic rings. The summed E-state index contributed by atoms with van der Waals surface area (Å²) in [6, 6.07) is 13.0. The number of aliphatic imine (C=N–C) groups is 1. The average molecular weight is 416 g/mol. The zero-order valence-corrected chi connectivity index (χ0v) is 15.6. The van der Waals surface area contributed by atoms with Crippen molar-refractivity contribution in [2.24, 2.45) is 4.99 Å². The van der Waals surface area contributed by atoms with Crippen molar-refractivity contribution in [1.82, 2.24) is 0 Å². The van der Waals surface area contributed by atoms with Crippen molar-refractivity contribution < 1.29 is 9.66 Å². The lowest BCUT2D eigenvalue weighted by Crippen LogP contribution is -2.36. The van der Waals surface area contributed by atoms with E-state index in [1.54, 1.807) is 30.5 Å².